The van der Waals surface area contributed by atoms with E-state index in [1.54, 1.807) is 7.11 Å². The Balaban J connectivity index is 2.06. The van der Waals surface area contributed by atoms with Gasteiger partial charge in [0.15, 0.2) is 0 Å². The van der Waals surface area contributed by atoms with Crippen molar-refractivity contribution in [2.75, 3.05) is 25.5 Å². The van der Waals surface area contributed by atoms with Crippen molar-refractivity contribution in [2.45, 2.75) is 45.6 Å². The van der Waals surface area contributed by atoms with Gasteiger partial charge in [-0.3, -0.25) is 4.98 Å². The second kappa shape index (κ2) is 8.16. The molecule has 126 valence electrons. The maximum absolute atomic E-state index is 5.40. The molecule has 23 heavy (non-hydrogen) atoms. The van der Waals surface area contributed by atoms with Crippen molar-refractivity contribution in [3.8, 4) is 5.75 Å². The van der Waals surface area contributed by atoms with Crippen molar-refractivity contribution in [1.82, 2.24) is 10.3 Å². The largest absolute Gasteiger partial charge is 0.497 e. The Morgan fingerprint density at radius 1 is 1.22 bits per heavy atom. The molecule has 0 amide bonds. The summed E-state index contributed by atoms with van der Waals surface area (Å²) < 4.78 is 5.40. The first-order valence-corrected chi connectivity index (χ1v) is 8.47. The minimum absolute atomic E-state index is 0.0257. The van der Waals surface area contributed by atoms with Crippen LogP contribution in [0.15, 0.2) is 30.5 Å². The van der Waals surface area contributed by atoms with E-state index in [9.17, 15) is 0 Å². The molecule has 0 spiro atoms. The monoisotopic (exact) mass is 315 g/mol. The van der Waals surface area contributed by atoms with Gasteiger partial charge in [0, 0.05) is 29.7 Å². The van der Waals surface area contributed by atoms with E-state index in [4.69, 9.17) is 4.74 Å². The average Bonchev–Trinajstić information content (AvgIpc) is 2.56. The summed E-state index contributed by atoms with van der Waals surface area (Å²) in [6, 6.07) is 8.04. The third kappa shape index (κ3) is 5.10. The topological polar surface area (TPSA) is 46.2 Å². The van der Waals surface area contributed by atoms with E-state index in [-0.39, 0.29) is 5.54 Å². The van der Waals surface area contributed by atoms with Crippen LogP contribution in [0.4, 0.5) is 5.69 Å². The lowest BCUT2D eigenvalue weighted by Gasteiger charge is -2.27. The maximum Gasteiger partial charge on any atom is 0.121 e. The predicted octanol–water partition coefficient (Wildman–Crippen LogP) is 4.21. The van der Waals surface area contributed by atoms with Crippen LogP contribution >= 0.6 is 0 Å². The van der Waals surface area contributed by atoms with E-state index < -0.39 is 0 Å². The number of anilines is 1. The number of aromatic nitrogens is 1. The first-order valence-electron chi connectivity index (χ1n) is 8.47. The maximum atomic E-state index is 5.40. The molecule has 1 heterocycles. The third-order valence-corrected chi connectivity index (χ3v) is 4.02. The first-order chi connectivity index (χ1) is 11.1. The molecule has 0 fully saturated rings. The van der Waals surface area contributed by atoms with Gasteiger partial charge in [-0.1, -0.05) is 25.8 Å². The van der Waals surface area contributed by atoms with E-state index in [0.29, 0.717) is 0 Å². The lowest BCUT2D eigenvalue weighted by atomic mass is 10.0. The molecule has 1 aromatic carbocycles. The van der Waals surface area contributed by atoms with Gasteiger partial charge in [0.05, 0.1) is 18.3 Å². The van der Waals surface area contributed by atoms with Gasteiger partial charge < -0.3 is 15.4 Å². The number of benzene rings is 1. The molecule has 0 radical (unpaired) electrons. The zero-order valence-electron chi connectivity index (χ0n) is 14.8. The van der Waals surface area contributed by atoms with Crippen molar-refractivity contribution in [2.24, 2.45) is 0 Å². The molecule has 0 aliphatic carbocycles. The van der Waals surface area contributed by atoms with Gasteiger partial charge >= 0.3 is 0 Å². The number of nitrogens with zero attached hydrogens (tertiary/aromatic N) is 1. The summed E-state index contributed by atoms with van der Waals surface area (Å²) in [5, 5.41) is 8.25. The molecule has 0 unspecified atom stereocenters. The molecule has 0 atom stereocenters. The van der Waals surface area contributed by atoms with Crippen LogP contribution in [0, 0.1) is 0 Å². The number of nitrogens with one attached hydrogen (secondary N) is 2. The molecule has 0 aliphatic rings. The number of unbranched alkanes of at least 4 members (excludes halogenated alkanes) is 2. The average molecular weight is 315 g/mol. The van der Waals surface area contributed by atoms with Gasteiger partial charge in [0.1, 0.15) is 5.75 Å². The standard InChI is InChI=1S/C19H29N3O/c1-5-6-7-11-22-19(2,3)14-21-17-13-16(23-4)12-15-9-8-10-20-18(15)17/h8-10,12-13,21-22H,5-7,11,14H2,1-4H3. The number of hydrogen-bond donors (Lipinski definition) is 2. The Hall–Kier alpha value is -1.81. The van der Waals surface area contributed by atoms with Crippen molar-refractivity contribution in [3.63, 3.8) is 0 Å². The van der Waals surface area contributed by atoms with Gasteiger partial charge in [0.2, 0.25) is 0 Å². The van der Waals surface area contributed by atoms with Gasteiger partial charge in [-0.05, 0) is 38.9 Å². The summed E-state index contributed by atoms with van der Waals surface area (Å²) in [4.78, 5) is 4.51. The fourth-order valence-corrected chi connectivity index (χ4v) is 2.60. The highest BCUT2D eigenvalue weighted by molar-refractivity contribution is 5.91. The summed E-state index contributed by atoms with van der Waals surface area (Å²) in [6.45, 7) is 8.56. The number of methoxy groups -OCH3 is 1. The quantitative estimate of drug-likeness (QED) is 0.680. The second-order valence-corrected chi connectivity index (χ2v) is 6.62. The molecule has 4 nitrogen and oxygen atoms in total. The highest BCUT2D eigenvalue weighted by Gasteiger charge is 2.17. The Labute approximate surface area is 139 Å². The third-order valence-electron chi connectivity index (χ3n) is 4.02. The van der Waals surface area contributed by atoms with Crippen LogP contribution in [0.2, 0.25) is 0 Å². The number of ether oxygens (including phenoxy) is 1. The molecule has 0 saturated carbocycles. The fraction of sp³-hybridized carbons (Fsp3) is 0.526. The minimum Gasteiger partial charge on any atom is -0.497 e. The highest BCUT2D eigenvalue weighted by Crippen LogP contribution is 2.28. The van der Waals surface area contributed by atoms with Crippen LogP contribution in [0.25, 0.3) is 10.9 Å². The number of pyridine rings is 1. The van der Waals surface area contributed by atoms with Crippen LogP contribution in [0.1, 0.15) is 40.0 Å². The molecular weight excluding hydrogens is 286 g/mol. The van der Waals surface area contributed by atoms with Gasteiger partial charge in [-0.25, -0.2) is 0 Å². The summed E-state index contributed by atoms with van der Waals surface area (Å²) in [5.74, 6) is 0.849. The lowest BCUT2D eigenvalue weighted by molar-refractivity contribution is 0.402. The number of fused-ring (bicyclic) bond motifs is 1. The van der Waals surface area contributed by atoms with Crippen LogP contribution in [-0.4, -0.2) is 30.7 Å². The Kier molecular flexibility index (Phi) is 6.22. The summed E-state index contributed by atoms with van der Waals surface area (Å²) in [5.41, 5.74) is 2.02. The Morgan fingerprint density at radius 2 is 2.04 bits per heavy atom. The lowest BCUT2D eigenvalue weighted by Crippen LogP contribution is -2.45. The predicted molar refractivity (Wildman–Crippen MR) is 98.4 cm³/mol. The zero-order chi connectivity index (χ0) is 16.7. The fourth-order valence-electron chi connectivity index (χ4n) is 2.60. The zero-order valence-corrected chi connectivity index (χ0v) is 14.8. The number of rotatable bonds is 9. The summed E-state index contributed by atoms with van der Waals surface area (Å²) >= 11 is 0. The molecule has 0 bridgehead atoms. The molecule has 0 saturated heterocycles. The molecule has 2 N–H and O–H groups in total. The Morgan fingerprint density at radius 3 is 2.78 bits per heavy atom. The second-order valence-electron chi connectivity index (χ2n) is 6.62. The first kappa shape index (κ1) is 17.5. The van der Waals surface area contributed by atoms with E-state index in [2.05, 4.69) is 42.5 Å². The molecule has 4 heteroatoms. The van der Waals surface area contributed by atoms with Crippen LogP contribution in [0.3, 0.4) is 0 Å². The molecule has 2 aromatic rings. The number of hydrogen-bond acceptors (Lipinski definition) is 4. The SMILES string of the molecule is CCCCCNC(C)(C)CNc1cc(OC)cc2cccnc12. The van der Waals surface area contributed by atoms with Gasteiger partial charge in [-0.15, -0.1) is 0 Å². The summed E-state index contributed by atoms with van der Waals surface area (Å²) in [7, 11) is 1.69. The van der Waals surface area contributed by atoms with Gasteiger partial charge in [-0.2, -0.15) is 0 Å². The molecule has 0 aliphatic heterocycles. The molecule has 2 rings (SSSR count). The van der Waals surface area contributed by atoms with E-state index in [0.717, 1.165) is 35.4 Å². The molecular formula is C19H29N3O. The highest BCUT2D eigenvalue weighted by atomic mass is 16.5. The van der Waals surface area contributed by atoms with Crippen molar-refractivity contribution in [3.05, 3.63) is 30.5 Å². The smallest absolute Gasteiger partial charge is 0.121 e. The van der Waals surface area contributed by atoms with Crippen LogP contribution < -0.4 is 15.4 Å². The normalized spacial score (nSPS) is 11.7. The van der Waals surface area contributed by atoms with Gasteiger partial charge in [0.25, 0.3) is 0 Å². The van der Waals surface area contributed by atoms with Crippen molar-refractivity contribution < 1.29 is 4.74 Å². The minimum atomic E-state index is 0.0257. The van der Waals surface area contributed by atoms with Crippen molar-refractivity contribution >= 4 is 16.6 Å². The van der Waals surface area contributed by atoms with Crippen LogP contribution in [0.5, 0.6) is 5.75 Å². The van der Waals surface area contributed by atoms with E-state index in [1.165, 1.54) is 19.3 Å². The molecule has 1 aromatic heterocycles. The van der Waals surface area contributed by atoms with Crippen LogP contribution in [-0.2, 0) is 0 Å². The summed E-state index contributed by atoms with van der Waals surface area (Å²) in [6.07, 6.45) is 5.58. The van der Waals surface area contributed by atoms with E-state index >= 15 is 0 Å². The van der Waals surface area contributed by atoms with Crippen molar-refractivity contribution in [1.29, 1.82) is 0 Å². The Bertz CT molecular complexity index is 625. The van der Waals surface area contributed by atoms with E-state index in [1.807, 2.05) is 24.4 Å².